The monoisotopic (exact) mass is 537 g/mol. The number of pyridine rings is 1. The van der Waals surface area contributed by atoms with Crippen LogP contribution in [0.1, 0.15) is 26.3 Å². The molecule has 0 unspecified atom stereocenters. The largest absolute Gasteiger partial charge is 0.256 e. The van der Waals surface area contributed by atoms with E-state index < -0.39 is 0 Å². The first-order valence-corrected chi connectivity index (χ1v) is 14.7. The molecule has 8 rings (SSSR count). The lowest BCUT2D eigenvalue weighted by Crippen LogP contribution is -2.12. The van der Waals surface area contributed by atoms with E-state index in [2.05, 4.69) is 148 Å². The van der Waals surface area contributed by atoms with Crippen LogP contribution < -0.4 is 0 Å². The van der Waals surface area contributed by atoms with Crippen molar-refractivity contribution < 1.29 is 0 Å². The van der Waals surface area contributed by atoms with E-state index in [0.29, 0.717) is 0 Å². The number of hydrogen-bond acceptors (Lipinski definition) is 1. The average Bonchev–Trinajstić information content (AvgIpc) is 3.02. The summed E-state index contributed by atoms with van der Waals surface area (Å²) in [6, 6.07) is 46.8. The molecule has 0 saturated heterocycles. The van der Waals surface area contributed by atoms with Crippen LogP contribution in [0.4, 0.5) is 0 Å². The number of hydrogen-bond donors (Lipinski definition) is 0. The maximum absolute atomic E-state index is 5.03. The van der Waals surface area contributed by atoms with Crippen LogP contribution in [0.25, 0.3) is 77.3 Å². The first-order valence-electron chi connectivity index (χ1n) is 14.7. The van der Waals surface area contributed by atoms with E-state index in [0.717, 1.165) is 11.3 Å². The summed E-state index contributed by atoms with van der Waals surface area (Å²) in [6.45, 7) is 6.89. The standard InChI is InChI=1S/C41H31N/c1-41(2,3)39-24-28(22-26-12-4-5-13-29(26)39)40-36-25-38-35-19-11-9-17-33(35)31-15-7-6-14-30(31)32-16-8-10-18-34(32)37(38)23-27(36)20-21-42-40/h4-25H,1-3H3. The number of rotatable bonds is 1. The van der Waals surface area contributed by atoms with Crippen molar-refractivity contribution in [2.75, 3.05) is 0 Å². The van der Waals surface area contributed by atoms with Gasteiger partial charge in [-0.15, -0.1) is 0 Å². The number of aromatic nitrogens is 1. The molecular weight excluding hydrogens is 506 g/mol. The lowest BCUT2D eigenvalue weighted by molar-refractivity contribution is 0.596. The normalized spacial score (nSPS) is 12.2. The minimum Gasteiger partial charge on any atom is -0.256 e. The van der Waals surface area contributed by atoms with Gasteiger partial charge in [0.1, 0.15) is 0 Å². The van der Waals surface area contributed by atoms with E-state index in [-0.39, 0.29) is 5.41 Å². The van der Waals surface area contributed by atoms with Crippen LogP contribution in [-0.2, 0) is 5.41 Å². The average molecular weight is 538 g/mol. The van der Waals surface area contributed by atoms with Crippen LogP contribution in [0.2, 0.25) is 0 Å². The molecule has 42 heavy (non-hydrogen) atoms. The van der Waals surface area contributed by atoms with Gasteiger partial charge in [0.15, 0.2) is 0 Å². The van der Waals surface area contributed by atoms with Crippen LogP contribution >= 0.6 is 0 Å². The van der Waals surface area contributed by atoms with Gasteiger partial charge in [-0.1, -0.05) is 118 Å². The molecule has 0 bridgehead atoms. The zero-order valence-electron chi connectivity index (χ0n) is 24.1. The van der Waals surface area contributed by atoms with Gasteiger partial charge in [0, 0.05) is 17.1 Å². The first-order chi connectivity index (χ1) is 20.5. The van der Waals surface area contributed by atoms with E-state index in [1.165, 1.54) is 71.6 Å². The summed E-state index contributed by atoms with van der Waals surface area (Å²) in [5.41, 5.74) is 13.6. The highest BCUT2D eigenvalue weighted by Crippen LogP contribution is 2.49. The Morgan fingerprint density at radius 2 is 0.905 bits per heavy atom. The van der Waals surface area contributed by atoms with Gasteiger partial charge in [-0.2, -0.15) is 0 Å². The molecule has 6 aromatic carbocycles. The van der Waals surface area contributed by atoms with Crippen molar-refractivity contribution in [1.29, 1.82) is 0 Å². The minimum atomic E-state index is 0.00553. The number of fused-ring (bicyclic) bond motifs is 10. The Bertz CT molecular complexity index is 2180. The molecule has 1 nitrogen and oxygen atoms in total. The minimum absolute atomic E-state index is 0.00553. The molecule has 200 valence electrons. The summed E-state index contributed by atoms with van der Waals surface area (Å²) in [7, 11) is 0. The maximum atomic E-state index is 5.03. The van der Waals surface area contributed by atoms with Crippen LogP contribution in [0.3, 0.4) is 0 Å². The Morgan fingerprint density at radius 1 is 0.429 bits per heavy atom. The van der Waals surface area contributed by atoms with Gasteiger partial charge in [-0.25, -0.2) is 0 Å². The van der Waals surface area contributed by atoms with Crippen molar-refractivity contribution in [1.82, 2.24) is 4.98 Å². The molecule has 0 saturated carbocycles. The van der Waals surface area contributed by atoms with Gasteiger partial charge in [0.05, 0.1) is 5.69 Å². The van der Waals surface area contributed by atoms with Crippen LogP contribution in [0.15, 0.2) is 134 Å². The molecule has 1 aromatic heterocycles. The molecule has 0 spiro atoms. The summed E-state index contributed by atoms with van der Waals surface area (Å²) >= 11 is 0. The molecule has 7 aromatic rings. The Hall–Kier alpha value is -5.01. The predicted molar refractivity (Wildman–Crippen MR) is 179 cm³/mol. The molecule has 1 heteroatoms. The van der Waals surface area contributed by atoms with E-state index in [4.69, 9.17) is 4.98 Å². The first kappa shape index (κ1) is 24.8. The van der Waals surface area contributed by atoms with E-state index in [1.807, 2.05) is 6.20 Å². The zero-order chi connectivity index (χ0) is 28.4. The molecule has 0 fully saturated rings. The fourth-order valence-electron chi connectivity index (χ4n) is 6.82. The Balaban J connectivity index is 1.47. The highest BCUT2D eigenvalue weighted by Gasteiger charge is 2.23. The Kier molecular flexibility index (Phi) is 5.46. The number of benzene rings is 6. The maximum Gasteiger partial charge on any atom is 0.0780 e. The summed E-state index contributed by atoms with van der Waals surface area (Å²) in [5, 5.41) is 4.93. The molecule has 0 aliphatic heterocycles. The van der Waals surface area contributed by atoms with Crippen molar-refractivity contribution >= 4 is 21.5 Å². The second-order valence-electron chi connectivity index (χ2n) is 12.4. The molecule has 0 atom stereocenters. The highest BCUT2D eigenvalue weighted by atomic mass is 14.7. The summed E-state index contributed by atoms with van der Waals surface area (Å²) in [5.74, 6) is 0. The van der Waals surface area contributed by atoms with Crippen LogP contribution in [-0.4, -0.2) is 4.98 Å². The summed E-state index contributed by atoms with van der Waals surface area (Å²) in [4.78, 5) is 5.03. The zero-order valence-corrected chi connectivity index (χ0v) is 24.1. The van der Waals surface area contributed by atoms with Gasteiger partial charge in [-0.3, -0.25) is 4.98 Å². The summed E-state index contributed by atoms with van der Waals surface area (Å²) < 4.78 is 0. The third-order valence-corrected chi connectivity index (χ3v) is 8.79. The third kappa shape index (κ3) is 3.81. The molecule has 1 heterocycles. The predicted octanol–water partition coefficient (Wildman–Crippen LogP) is 11.3. The summed E-state index contributed by atoms with van der Waals surface area (Å²) in [6.07, 6.45) is 1.97. The lowest BCUT2D eigenvalue weighted by Gasteiger charge is -2.24. The topological polar surface area (TPSA) is 12.9 Å². The lowest BCUT2D eigenvalue weighted by atomic mass is 9.79. The van der Waals surface area contributed by atoms with E-state index >= 15 is 0 Å². The van der Waals surface area contributed by atoms with Crippen LogP contribution in [0, 0.1) is 0 Å². The van der Waals surface area contributed by atoms with Crippen LogP contribution in [0.5, 0.6) is 0 Å². The smallest absolute Gasteiger partial charge is 0.0780 e. The van der Waals surface area contributed by atoms with Crippen molar-refractivity contribution in [2.24, 2.45) is 0 Å². The molecule has 0 radical (unpaired) electrons. The molecule has 1 aliphatic carbocycles. The fourth-order valence-corrected chi connectivity index (χ4v) is 6.82. The highest BCUT2D eigenvalue weighted by molar-refractivity contribution is 6.09. The van der Waals surface area contributed by atoms with Gasteiger partial charge < -0.3 is 0 Å². The molecule has 1 aliphatic rings. The fraction of sp³-hybridized carbons (Fsp3) is 0.0976. The van der Waals surface area contributed by atoms with E-state index in [1.54, 1.807) is 0 Å². The second-order valence-corrected chi connectivity index (χ2v) is 12.4. The molecular formula is C41H31N. The molecule has 0 N–H and O–H groups in total. The third-order valence-electron chi connectivity index (χ3n) is 8.79. The molecule has 0 amide bonds. The van der Waals surface area contributed by atoms with Gasteiger partial charge in [0.25, 0.3) is 0 Å². The quantitative estimate of drug-likeness (QED) is 0.203. The van der Waals surface area contributed by atoms with Crippen molar-refractivity contribution in [3.05, 3.63) is 139 Å². The van der Waals surface area contributed by atoms with Gasteiger partial charge in [0.2, 0.25) is 0 Å². The second kappa shape index (κ2) is 9.26. The number of nitrogens with zero attached hydrogens (tertiary/aromatic N) is 1. The van der Waals surface area contributed by atoms with Crippen molar-refractivity contribution in [3.63, 3.8) is 0 Å². The van der Waals surface area contributed by atoms with Gasteiger partial charge in [-0.05, 0) is 102 Å². The SMILES string of the molecule is CC(C)(C)c1cc(-c2nccc3cc4c(cc23)-c2ccccc2-c2ccccc2-c2ccccc2-4)cc2ccccc12. The Morgan fingerprint density at radius 3 is 1.48 bits per heavy atom. The van der Waals surface area contributed by atoms with Crippen molar-refractivity contribution in [3.8, 4) is 55.8 Å². The van der Waals surface area contributed by atoms with E-state index in [9.17, 15) is 0 Å². The van der Waals surface area contributed by atoms with Crippen molar-refractivity contribution in [2.45, 2.75) is 26.2 Å². The Labute approximate surface area is 247 Å². The van der Waals surface area contributed by atoms with Gasteiger partial charge >= 0.3 is 0 Å².